The Labute approximate surface area is 164 Å². The van der Waals surface area contributed by atoms with Crippen LogP contribution in [0.5, 0.6) is 5.75 Å². The van der Waals surface area contributed by atoms with Crippen molar-refractivity contribution >= 4 is 11.6 Å². The molecule has 1 aromatic carbocycles. The van der Waals surface area contributed by atoms with Crippen molar-refractivity contribution in [2.75, 3.05) is 13.1 Å². The first-order valence-electron chi connectivity index (χ1n) is 10.2. The fourth-order valence-corrected chi connectivity index (χ4v) is 4.12. The van der Waals surface area contributed by atoms with Crippen molar-refractivity contribution < 1.29 is 9.53 Å². The van der Waals surface area contributed by atoms with Crippen molar-refractivity contribution in [1.29, 1.82) is 0 Å². The number of carbonyl (C=O) groups is 1. The van der Waals surface area contributed by atoms with E-state index in [0.29, 0.717) is 11.8 Å². The first-order chi connectivity index (χ1) is 13.7. The van der Waals surface area contributed by atoms with Gasteiger partial charge in [0.25, 0.3) is 0 Å². The van der Waals surface area contributed by atoms with E-state index in [-0.39, 0.29) is 6.10 Å². The Balaban J connectivity index is 1.24. The van der Waals surface area contributed by atoms with Crippen LogP contribution in [0.3, 0.4) is 0 Å². The number of hydrogen-bond acceptors (Lipinski definition) is 3. The number of aromatic nitrogens is 2. The van der Waals surface area contributed by atoms with E-state index in [2.05, 4.69) is 46.6 Å². The summed E-state index contributed by atoms with van der Waals surface area (Å²) in [6, 6.07) is 12.5. The molecule has 5 nitrogen and oxygen atoms in total. The molecule has 5 rings (SSSR count). The number of hydrogen-bond donors (Lipinski definition) is 0. The van der Waals surface area contributed by atoms with E-state index in [4.69, 9.17) is 4.74 Å². The lowest BCUT2D eigenvalue weighted by atomic mass is 10.0. The summed E-state index contributed by atoms with van der Waals surface area (Å²) in [4.78, 5) is 18.5. The third-order valence-electron chi connectivity index (χ3n) is 5.97. The summed E-state index contributed by atoms with van der Waals surface area (Å²) < 4.78 is 8.29. The Morgan fingerprint density at radius 2 is 1.79 bits per heavy atom. The molecule has 3 aromatic rings. The Morgan fingerprint density at radius 3 is 2.50 bits per heavy atom. The van der Waals surface area contributed by atoms with E-state index in [1.165, 1.54) is 16.8 Å². The maximum atomic E-state index is 12.2. The second-order valence-corrected chi connectivity index (χ2v) is 7.93. The number of benzene rings is 1. The van der Waals surface area contributed by atoms with E-state index < -0.39 is 0 Å². The average Bonchev–Trinajstić information content (AvgIpc) is 3.46. The number of rotatable bonds is 4. The van der Waals surface area contributed by atoms with Gasteiger partial charge in [0.2, 0.25) is 5.91 Å². The molecule has 1 aliphatic heterocycles. The van der Waals surface area contributed by atoms with Crippen molar-refractivity contribution in [3.8, 4) is 16.9 Å². The van der Waals surface area contributed by atoms with E-state index in [1.54, 1.807) is 0 Å². The zero-order valence-corrected chi connectivity index (χ0v) is 16.2. The summed E-state index contributed by atoms with van der Waals surface area (Å²) in [7, 11) is 0. The van der Waals surface area contributed by atoms with Crippen molar-refractivity contribution in [3.63, 3.8) is 0 Å². The van der Waals surface area contributed by atoms with E-state index in [0.717, 1.165) is 50.2 Å². The van der Waals surface area contributed by atoms with Crippen LogP contribution in [0, 0.1) is 12.8 Å². The zero-order valence-electron chi connectivity index (χ0n) is 16.2. The van der Waals surface area contributed by atoms with Crippen molar-refractivity contribution in [2.24, 2.45) is 5.92 Å². The Kier molecular flexibility index (Phi) is 4.30. The van der Waals surface area contributed by atoms with Crippen LogP contribution in [0.2, 0.25) is 0 Å². The zero-order chi connectivity index (χ0) is 19.1. The lowest BCUT2D eigenvalue weighted by molar-refractivity contribution is -0.134. The van der Waals surface area contributed by atoms with Crippen molar-refractivity contribution in [2.45, 2.75) is 38.7 Å². The fourth-order valence-electron chi connectivity index (χ4n) is 4.12. The summed E-state index contributed by atoms with van der Waals surface area (Å²) in [6.45, 7) is 3.76. The number of amides is 1. The largest absolute Gasteiger partial charge is 0.490 e. The highest BCUT2D eigenvalue weighted by Gasteiger charge is 2.35. The maximum absolute atomic E-state index is 12.2. The van der Waals surface area contributed by atoms with Gasteiger partial charge in [-0.2, -0.15) is 0 Å². The van der Waals surface area contributed by atoms with Gasteiger partial charge in [-0.3, -0.25) is 4.79 Å². The molecule has 2 fully saturated rings. The highest BCUT2D eigenvalue weighted by Crippen LogP contribution is 2.32. The van der Waals surface area contributed by atoms with Crippen LogP contribution in [-0.4, -0.2) is 39.4 Å². The van der Waals surface area contributed by atoms with Gasteiger partial charge in [0.15, 0.2) is 0 Å². The normalized spacial score (nSPS) is 17.8. The molecule has 5 heteroatoms. The molecule has 144 valence electrons. The van der Waals surface area contributed by atoms with E-state index in [9.17, 15) is 4.79 Å². The topological polar surface area (TPSA) is 46.8 Å². The number of nitrogens with zero attached hydrogens (tertiary/aromatic N) is 3. The predicted molar refractivity (Wildman–Crippen MR) is 108 cm³/mol. The minimum absolute atomic E-state index is 0.193. The molecule has 1 saturated heterocycles. The summed E-state index contributed by atoms with van der Waals surface area (Å²) in [5, 5.41) is 0. The lowest BCUT2D eigenvalue weighted by Crippen LogP contribution is -2.42. The highest BCUT2D eigenvalue weighted by molar-refractivity contribution is 5.81. The molecular weight excluding hydrogens is 350 g/mol. The third-order valence-corrected chi connectivity index (χ3v) is 5.97. The SMILES string of the molecule is Cc1c(-c2ccc(OC3CCN(C(=O)C4CC4)CC3)cc2)ccc2nccn12. The number of piperidine rings is 1. The molecule has 2 aromatic heterocycles. The molecule has 3 heterocycles. The van der Waals surface area contributed by atoms with Crippen LogP contribution >= 0.6 is 0 Å². The van der Waals surface area contributed by atoms with E-state index in [1.807, 2.05) is 23.4 Å². The first-order valence-corrected chi connectivity index (χ1v) is 10.2. The first kappa shape index (κ1) is 17.3. The predicted octanol–water partition coefficient (Wildman–Crippen LogP) is 4.09. The Hall–Kier alpha value is -2.82. The molecule has 0 bridgehead atoms. The fraction of sp³-hybridized carbons (Fsp3) is 0.391. The van der Waals surface area contributed by atoms with Crippen LogP contribution in [0.1, 0.15) is 31.4 Å². The molecular formula is C23H25N3O2. The number of carbonyl (C=O) groups excluding carboxylic acids is 1. The molecule has 0 spiro atoms. The number of aryl methyl sites for hydroxylation is 1. The van der Waals surface area contributed by atoms with Gasteiger partial charge in [0.1, 0.15) is 17.5 Å². The summed E-state index contributed by atoms with van der Waals surface area (Å²) in [5.74, 6) is 1.57. The van der Waals surface area contributed by atoms with Gasteiger partial charge in [0, 0.05) is 55.5 Å². The van der Waals surface area contributed by atoms with Crippen LogP contribution in [0.25, 0.3) is 16.8 Å². The Morgan fingerprint density at radius 1 is 1.04 bits per heavy atom. The molecule has 28 heavy (non-hydrogen) atoms. The summed E-state index contributed by atoms with van der Waals surface area (Å²) in [5.41, 5.74) is 4.51. The van der Waals surface area contributed by atoms with Gasteiger partial charge in [-0.05, 0) is 49.6 Å². The quantitative estimate of drug-likeness (QED) is 0.690. The molecule has 0 radical (unpaired) electrons. The maximum Gasteiger partial charge on any atom is 0.225 e. The number of ether oxygens (including phenoxy) is 1. The second kappa shape index (κ2) is 6.97. The van der Waals surface area contributed by atoms with Gasteiger partial charge in [-0.1, -0.05) is 12.1 Å². The second-order valence-electron chi connectivity index (χ2n) is 7.93. The third kappa shape index (κ3) is 3.26. The van der Waals surface area contributed by atoms with Crippen LogP contribution in [0.15, 0.2) is 48.8 Å². The van der Waals surface area contributed by atoms with Crippen LogP contribution in [-0.2, 0) is 4.79 Å². The summed E-state index contributed by atoms with van der Waals surface area (Å²) >= 11 is 0. The highest BCUT2D eigenvalue weighted by atomic mass is 16.5. The number of likely N-dealkylation sites (tertiary alicyclic amines) is 1. The number of imidazole rings is 1. The van der Waals surface area contributed by atoms with Gasteiger partial charge in [-0.15, -0.1) is 0 Å². The van der Waals surface area contributed by atoms with Gasteiger partial charge >= 0.3 is 0 Å². The number of pyridine rings is 1. The molecule has 1 saturated carbocycles. The lowest BCUT2D eigenvalue weighted by Gasteiger charge is -2.32. The molecule has 1 aliphatic carbocycles. The molecule has 0 unspecified atom stereocenters. The van der Waals surface area contributed by atoms with E-state index >= 15 is 0 Å². The van der Waals surface area contributed by atoms with Gasteiger partial charge in [-0.25, -0.2) is 4.98 Å². The average molecular weight is 375 g/mol. The number of fused-ring (bicyclic) bond motifs is 1. The molecule has 0 atom stereocenters. The monoisotopic (exact) mass is 375 g/mol. The van der Waals surface area contributed by atoms with Crippen LogP contribution < -0.4 is 4.74 Å². The van der Waals surface area contributed by atoms with Crippen molar-refractivity contribution in [3.05, 3.63) is 54.5 Å². The minimum atomic E-state index is 0.193. The minimum Gasteiger partial charge on any atom is -0.490 e. The molecule has 2 aliphatic rings. The summed E-state index contributed by atoms with van der Waals surface area (Å²) in [6.07, 6.45) is 7.99. The van der Waals surface area contributed by atoms with Crippen LogP contribution in [0.4, 0.5) is 0 Å². The molecule has 0 N–H and O–H groups in total. The van der Waals surface area contributed by atoms with Gasteiger partial charge in [0.05, 0.1) is 0 Å². The molecule has 1 amide bonds. The van der Waals surface area contributed by atoms with Gasteiger partial charge < -0.3 is 14.0 Å². The standard InChI is InChI=1S/C23H25N3O2/c1-16-21(8-9-22-24-12-15-26(16)22)17-4-6-19(7-5-17)28-20-10-13-25(14-11-20)23(27)18-2-3-18/h4-9,12,15,18,20H,2-3,10-11,13-14H2,1H3. The smallest absolute Gasteiger partial charge is 0.225 e. The van der Waals surface area contributed by atoms with Crippen molar-refractivity contribution in [1.82, 2.24) is 14.3 Å². The Bertz CT molecular complexity index is 996.